The van der Waals surface area contributed by atoms with E-state index in [9.17, 15) is 18.0 Å². The fourth-order valence-electron chi connectivity index (χ4n) is 2.93. The van der Waals surface area contributed by atoms with Crippen LogP contribution >= 0.6 is 11.3 Å². The van der Waals surface area contributed by atoms with Gasteiger partial charge < -0.3 is 5.32 Å². The number of hydrogen-bond donors (Lipinski definition) is 1. The lowest BCUT2D eigenvalue weighted by atomic mass is 9.97. The van der Waals surface area contributed by atoms with Crippen molar-refractivity contribution in [1.29, 1.82) is 0 Å². The maximum Gasteiger partial charge on any atom is 0.271 e. The Balaban J connectivity index is 1.51. The summed E-state index contributed by atoms with van der Waals surface area (Å²) in [4.78, 5) is 28.7. The highest BCUT2D eigenvalue weighted by Gasteiger charge is 2.28. The van der Waals surface area contributed by atoms with Crippen LogP contribution in [0, 0.1) is 5.92 Å². The molecule has 2 aromatic heterocycles. The van der Waals surface area contributed by atoms with Gasteiger partial charge in [0.05, 0.1) is 18.1 Å². The molecule has 25 heavy (non-hydrogen) atoms. The van der Waals surface area contributed by atoms with Gasteiger partial charge in [0.2, 0.25) is 15.9 Å². The van der Waals surface area contributed by atoms with E-state index in [-0.39, 0.29) is 17.4 Å². The molecule has 0 atom stereocenters. The molecule has 1 aliphatic rings. The van der Waals surface area contributed by atoms with Crippen molar-refractivity contribution < 1.29 is 13.2 Å². The quantitative estimate of drug-likeness (QED) is 0.796. The van der Waals surface area contributed by atoms with Gasteiger partial charge in [0, 0.05) is 32.1 Å². The van der Waals surface area contributed by atoms with Crippen molar-refractivity contribution in [3.8, 4) is 0 Å². The molecule has 3 rings (SSSR count). The predicted molar refractivity (Wildman–Crippen MR) is 96.0 cm³/mol. The van der Waals surface area contributed by atoms with Crippen LogP contribution in [0.1, 0.15) is 12.8 Å². The Labute approximate surface area is 149 Å². The summed E-state index contributed by atoms with van der Waals surface area (Å²) in [5.74, 6) is -0.279. The average Bonchev–Trinajstić information content (AvgIpc) is 3.05. The van der Waals surface area contributed by atoms with Crippen LogP contribution in [0.3, 0.4) is 0 Å². The standard InChI is InChI=1S/C15H20N4O4S2/c1-25(22,23)19-6-2-11(3-7-19)14(20)16-5-8-18-10-17-12-4-9-24-13(12)15(18)21/h4,9-11H,2-3,5-8H2,1H3,(H,16,20). The molecule has 1 N–H and O–H groups in total. The molecule has 0 saturated carbocycles. The molecule has 1 amide bonds. The first-order chi connectivity index (χ1) is 11.9. The Kier molecular flexibility index (Phi) is 5.21. The monoisotopic (exact) mass is 384 g/mol. The summed E-state index contributed by atoms with van der Waals surface area (Å²) >= 11 is 1.36. The number of amides is 1. The second-order valence-electron chi connectivity index (χ2n) is 6.11. The van der Waals surface area contributed by atoms with Crippen LogP contribution in [0.2, 0.25) is 0 Å². The van der Waals surface area contributed by atoms with Gasteiger partial charge in [-0.1, -0.05) is 0 Å². The van der Waals surface area contributed by atoms with E-state index in [0.29, 0.717) is 49.2 Å². The first kappa shape index (κ1) is 18.0. The molecule has 136 valence electrons. The van der Waals surface area contributed by atoms with Crippen LogP contribution < -0.4 is 10.9 Å². The van der Waals surface area contributed by atoms with Gasteiger partial charge in [0.15, 0.2) is 0 Å². The third kappa shape index (κ3) is 4.07. The fraction of sp³-hybridized carbons (Fsp3) is 0.533. The second kappa shape index (κ2) is 7.22. The number of sulfonamides is 1. The van der Waals surface area contributed by atoms with Crippen molar-refractivity contribution in [2.24, 2.45) is 5.92 Å². The zero-order valence-electron chi connectivity index (χ0n) is 13.8. The maximum absolute atomic E-state index is 12.3. The smallest absolute Gasteiger partial charge is 0.271 e. The van der Waals surface area contributed by atoms with Gasteiger partial charge in [0.25, 0.3) is 5.56 Å². The highest BCUT2D eigenvalue weighted by Crippen LogP contribution is 2.19. The Morgan fingerprint density at radius 3 is 2.80 bits per heavy atom. The van der Waals surface area contributed by atoms with Gasteiger partial charge in [-0.15, -0.1) is 11.3 Å². The molecule has 0 aliphatic carbocycles. The number of rotatable bonds is 5. The van der Waals surface area contributed by atoms with E-state index in [2.05, 4.69) is 10.3 Å². The molecule has 0 radical (unpaired) electrons. The number of carbonyl (C=O) groups excluding carboxylic acids is 1. The molecule has 8 nitrogen and oxygen atoms in total. The zero-order valence-corrected chi connectivity index (χ0v) is 15.5. The summed E-state index contributed by atoms with van der Waals surface area (Å²) in [5.41, 5.74) is 0.587. The van der Waals surface area contributed by atoms with Crippen molar-refractivity contribution in [2.75, 3.05) is 25.9 Å². The minimum atomic E-state index is -3.19. The number of piperidine rings is 1. The summed E-state index contributed by atoms with van der Waals surface area (Å²) in [6.07, 6.45) is 3.71. The van der Waals surface area contributed by atoms with Crippen LogP contribution in [-0.4, -0.2) is 54.1 Å². The molecule has 0 bridgehead atoms. The van der Waals surface area contributed by atoms with Gasteiger partial charge in [0.1, 0.15) is 4.70 Å². The Bertz CT molecular complexity index is 926. The fourth-order valence-corrected chi connectivity index (χ4v) is 4.60. The van der Waals surface area contributed by atoms with E-state index in [1.165, 1.54) is 32.8 Å². The third-order valence-corrected chi connectivity index (χ3v) is 6.58. The number of hydrogen-bond acceptors (Lipinski definition) is 6. The van der Waals surface area contributed by atoms with E-state index in [1.807, 2.05) is 5.38 Å². The summed E-state index contributed by atoms with van der Waals surface area (Å²) < 4.78 is 26.5. The largest absolute Gasteiger partial charge is 0.354 e. The SMILES string of the molecule is CS(=O)(=O)N1CCC(C(=O)NCCn2cnc3ccsc3c2=O)CC1. The molecular formula is C15H20N4O4S2. The number of nitrogens with zero attached hydrogens (tertiary/aromatic N) is 3. The summed E-state index contributed by atoms with van der Waals surface area (Å²) in [6.45, 7) is 1.43. The van der Waals surface area contributed by atoms with Crippen LogP contribution in [0.25, 0.3) is 10.2 Å². The number of fused-ring (bicyclic) bond motifs is 1. The first-order valence-corrected chi connectivity index (χ1v) is 10.7. The van der Waals surface area contributed by atoms with E-state index in [1.54, 1.807) is 6.07 Å². The summed E-state index contributed by atoms with van der Waals surface area (Å²) in [5, 5.41) is 4.66. The van der Waals surface area contributed by atoms with Gasteiger partial charge in [-0.25, -0.2) is 17.7 Å². The zero-order chi connectivity index (χ0) is 18.0. The molecule has 3 heterocycles. The number of carbonyl (C=O) groups is 1. The number of thiophene rings is 1. The van der Waals surface area contributed by atoms with Crippen LogP contribution in [-0.2, 0) is 21.4 Å². The molecule has 0 spiro atoms. The number of aromatic nitrogens is 2. The molecule has 1 fully saturated rings. The average molecular weight is 384 g/mol. The lowest BCUT2D eigenvalue weighted by Crippen LogP contribution is -2.43. The van der Waals surface area contributed by atoms with E-state index < -0.39 is 10.0 Å². The molecule has 0 aromatic carbocycles. The molecule has 0 unspecified atom stereocenters. The highest BCUT2D eigenvalue weighted by molar-refractivity contribution is 7.88. The minimum absolute atomic E-state index is 0.0913. The van der Waals surface area contributed by atoms with Gasteiger partial charge in [-0.05, 0) is 24.3 Å². The second-order valence-corrected chi connectivity index (χ2v) is 9.00. The third-order valence-electron chi connectivity index (χ3n) is 4.38. The van der Waals surface area contributed by atoms with Crippen LogP contribution in [0.15, 0.2) is 22.6 Å². The van der Waals surface area contributed by atoms with E-state index >= 15 is 0 Å². The predicted octanol–water partition coefficient (Wildman–Crippen LogP) is 0.246. The molecule has 2 aromatic rings. The Hall–Kier alpha value is -1.78. The van der Waals surface area contributed by atoms with Crippen molar-refractivity contribution >= 4 is 37.5 Å². The highest BCUT2D eigenvalue weighted by atomic mass is 32.2. The van der Waals surface area contributed by atoms with E-state index in [0.717, 1.165) is 0 Å². The van der Waals surface area contributed by atoms with Gasteiger partial charge in [-0.3, -0.25) is 14.2 Å². The maximum atomic E-state index is 12.3. The molecular weight excluding hydrogens is 364 g/mol. The van der Waals surface area contributed by atoms with Crippen molar-refractivity contribution in [3.05, 3.63) is 28.1 Å². The lowest BCUT2D eigenvalue weighted by Gasteiger charge is -2.29. The van der Waals surface area contributed by atoms with Crippen molar-refractivity contribution in [2.45, 2.75) is 19.4 Å². The lowest BCUT2D eigenvalue weighted by molar-refractivity contribution is -0.126. The number of nitrogens with one attached hydrogen (secondary N) is 1. The topological polar surface area (TPSA) is 101 Å². The van der Waals surface area contributed by atoms with Crippen LogP contribution in [0.5, 0.6) is 0 Å². The molecule has 10 heteroatoms. The van der Waals surface area contributed by atoms with Crippen molar-refractivity contribution in [3.63, 3.8) is 0 Å². The van der Waals surface area contributed by atoms with Crippen molar-refractivity contribution in [1.82, 2.24) is 19.2 Å². The van der Waals surface area contributed by atoms with Gasteiger partial charge >= 0.3 is 0 Å². The normalized spacial score (nSPS) is 17.0. The van der Waals surface area contributed by atoms with E-state index in [4.69, 9.17) is 0 Å². The summed E-state index contributed by atoms with van der Waals surface area (Å²) in [7, 11) is -3.19. The first-order valence-electron chi connectivity index (χ1n) is 8.02. The minimum Gasteiger partial charge on any atom is -0.354 e. The molecule has 1 saturated heterocycles. The van der Waals surface area contributed by atoms with Gasteiger partial charge in [-0.2, -0.15) is 0 Å². The Morgan fingerprint density at radius 2 is 2.12 bits per heavy atom. The van der Waals surface area contributed by atoms with Crippen LogP contribution in [0.4, 0.5) is 0 Å². The summed E-state index contributed by atoms with van der Waals surface area (Å²) in [6, 6.07) is 1.80. The molecule has 1 aliphatic heterocycles. The Morgan fingerprint density at radius 1 is 1.40 bits per heavy atom.